The summed E-state index contributed by atoms with van der Waals surface area (Å²) in [5.41, 5.74) is 0. The van der Waals surface area contributed by atoms with Crippen LogP contribution in [0.3, 0.4) is 0 Å². The van der Waals surface area contributed by atoms with Gasteiger partial charge < -0.3 is 16.5 Å². The average molecular weight is 106 g/mol. The molecule has 0 aliphatic carbocycles. The molecule has 0 aromatic carbocycles. The van der Waals surface area contributed by atoms with E-state index in [9.17, 15) is 0 Å². The third kappa shape index (κ3) is 95.6. The minimum Gasteiger partial charge on any atom is -1.00 e. The van der Waals surface area contributed by atoms with Crippen LogP contribution in [0.5, 0.6) is 0 Å². The van der Waals surface area contributed by atoms with Crippen molar-refractivity contribution >= 4 is 7.32 Å². The molecular formula is H5BFNaO3. The molecule has 34 valence electrons. The first kappa shape index (κ1) is 15.8. The summed E-state index contributed by atoms with van der Waals surface area (Å²) in [7, 11) is -2.17. The fraction of sp³-hybridized carbons (Fsp3) is 0. The van der Waals surface area contributed by atoms with Crippen LogP contribution in [0.25, 0.3) is 0 Å². The van der Waals surface area contributed by atoms with Crippen molar-refractivity contribution in [3.05, 3.63) is 0 Å². The van der Waals surface area contributed by atoms with Gasteiger partial charge in [0.25, 0.3) is 0 Å². The van der Waals surface area contributed by atoms with Gasteiger partial charge in [-0.1, -0.05) is 0 Å². The molecule has 0 saturated carbocycles. The fourth-order valence-electron chi connectivity index (χ4n) is 0. The van der Waals surface area contributed by atoms with Gasteiger partial charge in [-0.15, -0.1) is 0 Å². The van der Waals surface area contributed by atoms with Crippen molar-refractivity contribution in [2.24, 2.45) is 0 Å². The molecule has 0 aromatic heterocycles. The first-order valence-corrected chi connectivity index (χ1v) is 0.775. The molecule has 0 fully saturated rings. The van der Waals surface area contributed by atoms with E-state index in [1.165, 1.54) is 0 Å². The van der Waals surface area contributed by atoms with Crippen molar-refractivity contribution in [3.63, 3.8) is 0 Å². The summed E-state index contributed by atoms with van der Waals surface area (Å²) in [6.45, 7) is 0. The standard InChI is InChI=1S/BH3O3.FH.Na.H/c2-1(3)4;;;/h2-4H;1H;;/q;;+1;-1. The molecule has 0 bridgehead atoms. The zero-order valence-corrected chi connectivity index (χ0v) is 5.33. The summed E-state index contributed by atoms with van der Waals surface area (Å²) in [6.07, 6.45) is 0. The Kier molecular flexibility index (Phi) is 24.5. The summed E-state index contributed by atoms with van der Waals surface area (Å²) < 4.78 is 0. The molecule has 0 rings (SSSR count). The molecule has 0 amide bonds. The van der Waals surface area contributed by atoms with E-state index in [0.29, 0.717) is 0 Å². The molecule has 0 heterocycles. The Balaban J connectivity index is -0.0000000150. The zero-order valence-electron chi connectivity index (χ0n) is 4.33. The molecule has 0 aliphatic rings. The number of hydrogen-bond donors (Lipinski definition) is 3. The molecule has 0 spiro atoms. The molecule has 6 heteroatoms. The van der Waals surface area contributed by atoms with Crippen molar-refractivity contribution in [1.29, 1.82) is 0 Å². The van der Waals surface area contributed by atoms with Gasteiger partial charge in [-0.2, -0.15) is 0 Å². The Morgan fingerprint density at radius 3 is 1.17 bits per heavy atom. The molecule has 0 radical (unpaired) electrons. The van der Waals surface area contributed by atoms with Gasteiger partial charge in [0.15, 0.2) is 0 Å². The zero-order chi connectivity index (χ0) is 3.58. The Morgan fingerprint density at radius 2 is 1.17 bits per heavy atom. The predicted molar refractivity (Wildman–Crippen MR) is 16.0 cm³/mol. The molecule has 3 nitrogen and oxygen atoms in total. The molecule has 0 saturated heterocycles. The Bertz CT molecular complexity index is 19.7. The van der Waals surface area contributed by atoms with Gasteiger partial charge in [0.05, 0.1) is 0 Å². The normalized spacial score (nSPS) is 4.50. The van der Waals surface area contributed by atoms with E-state index in [4.69, 9.17) is 15.1 Å². The summed E-state index contributed by atoms with van der Waals surface area (Å²) >= 11 is 0. The van der Waals surface area contributed by atoms with E-state index in [-0.39, 0.29) is 35.7 Å². The van der Waals surface area contributed by atoms with Gasteiger partial charge in [0, 0.05) is 0 Å². The van der Waals surface area contributed by atoms with Crippen LogP contribution >= 0.6 is 0 Å². The Labute approximate surface area is 58.3 Å². The smallest absolute Gasteiger partial charge is 1.00 e. The van der Waals surface area contributed by atoms with Crippen LogP contribution in [0.2, 0.25) is 0 Å². The molecular weight excluding hydrogens is 101 g/mol. The van der Waals surface area contributed by atoms with Gasteiger partial charge in [-0.25, -0.2) is 0 Å². The van der Waals surface area contributed by atoms with Crippen molar-refractivity contribution in [1.82, 2.24) is 0 Å². The quantitative estimate of drug-likeness (QED) is 0.271. The third-order valence-electron chi connectivity index (χ3n) is 0. The summed E-state index contributed by atoms with van der Waals surface area (Å²) in [5.74, 6) is 0. The Hall–Kier alpha value is 0.875. The average Bonchev–Trinajstić information content (AvgIpc) is 0.811. The van der Waals surface area contributed by atoms with Crippen molar-refractivity contribution in [3.8, 4) is 0 Å². The second kappa shape index (κ2) is 9.30. The van der Waals surface area contributed by atoms with E-state index in [1.807, 2.05) is 0 Å². The van der Waals surface area contributed by atoms with Crippen LogP contribution < -0.4 is 29.6 Å². The van der Waals surface area contributed by atoms with Gasteiger partial charge in [0.1, 0.15) is 0 Å². The van der Waals surface area contributed by atoms with Gasteiger partial charge in [-0.05, 0) is 0 Å². The summed E-state index contributed by atoms with van der Waals surface area (Å²) in [5, 5.41) is 21.5. The third-order valence-corrected chi connectivity index (χ3v) is 0. The molecule has 0 unspecified atom stereocenters. The minimum atomic E-state index is -2.17. The second-order valence-electron chi connectivity index (χ2n) is 0.346. The van der Waals surface area contributed by atoms with Crippen LogP contribution in [0.15, 0.2) is 0 Å². The van der Waals surface area contributed by atoms with E-state index in [2.05, 4.69) is 0 Å². The van der Waals surface area contributed by atoms with Crippen LogP contribution in [-0.2, 0) is 0 Å². The van der Waals surface area contributed by atoms with Gasteiger partial charge in [-0.3, -0.25) is 4.70 Å². The SMILES string of the molecule is F.OB(O)O.[H-].[Na+]. The van der Waals surface area contributed by atoms with Crippen LogP contribution in [0.1, 0.15) is 1.43 Å². The second-order valence-corrected chi connectivity index (χ2v) is 0.346. The maximum atomic E-state index is 7.17. The first-order valence-electron chi connectivity index (χ1n) is 0.775. The fourth-order valence-corrected chi connectivity index (χ4v) is 0. The molecule has 6 heavy (non-hydrogen) atoms. The van der Waals surface area contributed by atoms with E-state index < -0.39 is 7.32 Å². The van der Waals surface area contributed by atoms with Crippen molar-refractivity contribution < 1.29 is 50.8 Å². The molecule has 3 N–H and O–H groups in total. The largest absolute Gasteiger partial charge is 1.00 e. The number of rotatable bonds is 0. The molecule has 0 atom stereocenters. The van der Waals surface area contributed by atoms with Gasteiger partial charge >= 0.3 is 36.9 Å². The first-order chi connectivity index (χ1) is 1.73. The predicted octanol–water partition coefficient (Wildman–Crippen LogP) is -4.78. The van der Waals surface area contributed by atoms with Gasteiger partial charge in [0.2, 0.25) is 0 Å². The van der Waals surface area contributed by atoms with Crippen LogP contribution in [0, 0.1) is 0 Å². The van der Waals surface area contributed by atoms with Crippen LogP contribution in [0.4, 0.5) is 4.70 Å². The minimum absolute atomic E-state index is 0. The monoisotopic (exact) mass is 106 g/mol. The van der Waals surface area contributed by atoms with E-state index in [0.717, 1.165) is 0 Å². The number of halogens is 1. The summed E-state index contributed by atoms with van der Waals surface area (Å²) in [4.78, 5) is 0. The number of hydrogen-bond acceptors (Lipinski definition) is 3. The molecule has 0 aliphatic heterocycles. The Morgan fingerprint density at radius 1 is 1.17 bits per heavy atom. The molecule has 0 aromatic rings. The topological polar surface area (TPSA) is 60.7 Å². The summed E-state index contributed by atoms with van der Waals surface area (Å²) in [6, 6.07) is 0. The van der Waals surface area contributed by atoms with Crippen molar-refractivity contribution in [2.75, 3.05) is 0 Å². The van der Waals surface area contributed by atoms with E-state index in [1.54, 1.807) is 0 Å². The van der Waals surface area contributed by atoms with E-state index >= 15 is 0 Å². The maximum Gasteiger partial charge on any atom is 1.00 e. The van der Waals surface area contributed by atoms with Crippen molar-refractivity contribution in [2.45, 2.75) is 0 Å². The maximum absolute atomic E-state index is 7.17. The van der Waals surface area contributed by atoms with Crippen LogP contribution in [-0.4, -0.2) is 22.4 Å².